The molecule has 1 N–H and O–H groups in total. The van der Waals surface area contributed by atoms with E-state index in [9.17, 15) is 0 Å². The first kappa shape index (κ1) is 12.4. The van der Waals surface area contributed by atoms with Gasteiger partial charge in [0.2, 0.25) is 0 Å². The molecule has 0 amide bonds. The van der Waals surface area contributed by atoms with E-state index in [0.717, 1.165) is 25.4 Å². The maximum absolute atomic E-state index is 5.34. The van der Waals surface area contributed by atoms with E-state index in [1.165, 1.54) is 16.7 Å². The maximum atomic E-state index is 5.34. The zero-order chi connectivity index (χ0) is 12.4. The number of likely N-dealkylation sites (N-methyl/N-ethyl adjacent to an activating group) is 1. The molecule has 1 aromatic carbocycles. The van der Waals surface area contributed by atoms with Crippen molar-refractivity contribution in [3.05, 3.63) is 28.8 Å². The number of aryl methyl sites for hydroxylation is 2. The van der Waals surface area contributed by atoms with Gasteiger partial charge >= 0.3 is 0 Å². The zero-order valence-electron chi connectivity index (χ0n) is 11.2. The molecule has 1 aliphatic heterocycles. The van der Waals surface area contributed by atoms with Crippen molar-refractivity contribution in [2.24, 2.45) is 0 Å². The van der Waals surface area contributed by atoms with Crippen LogP contribution in [-0.2, 0) is 6.54 Å². The third-order valence-corrected chi connectivity index (χ3v) is 3.66. The molecule has 17 heavy (non-hydrogen) atoms. The topological polar surface area (TPSA) is 24.5 Å². The van der Waals surface area contributed by atoms with Gasteiger partial charge in [-0.3, -0.25) is 4.90 Å². The Morgan fingerprint density at radius 2 is 2.00 bits per heavy atom. The van der Waals surface area contributed by atoms with E-state index in [2.05, 4.69) is 43.2 Å². The Morgan fingerprint density at radius 3 is 2.53 bits per heavy atom. The van der Waals surface area contributed by atoms with Crippen LogP contribution in [0.15, 0.2) is 12.1 Å². The number of methoxy groups -OCH3 is 1. The number of nitrogens with zero attached hydrogens (tertiary/aromatic N) is 1. The molecular weight excluding hydrogens is 212 g/mol. The molecule has 2 rings (SSSR count). The lowest BCUT2D eigenvalue weighted by Gasteiger charge is -2.36. The van der Waals surface area contributed by atoms with Gasteiger partial charge in [-0.15, -0.1) is 0 Å². The first-order valence-corrected chi connectivity index (χ1v) is 6.17. The first-order chi connectivity index (χ1) is 8.11. The van der Waals surface area contributed by atoms with Crippen molar-refractivity contribution in [3.63, 3.8) is 0 Å². The molecule has 1 aliphatic rings. The van der Waals surface area contributed by atoms with Gasteiger partial charge in [0.05, 0.1) is 7.11 Å². The van der Waals surface area contributed by atoms with Crippen LogP contribution in [-0.4, -0.2) is 38.2 Å². The summed E-state index contributed by atoms with van der Waals surface area (Å²) in [6.07, 6.45) is 0. The van der Waals surface area contributed by atoms with Gasteiger partial charge in [-0.25, -0.2) is 0 Å². The Hall–Kier alpha value is -1.06. The van der Waals surface area contributed by atoms with Crippen LogP contribution in [0.4, 0.5) is 0 Å². The Balaban J connectivity index is 2.12. The number of ether oxygens (including phenoxy) is 1. The lowest BCUT2D eigenvalue weighted by molar-refractivity contribution is 0.173. The summed E-state index contributed by atoms with van der Waals surface area (Å²) < 4.78 is 5.34. The molecule has 1 saturated heterocycles. The van der Waals surface area contributed by atoms with E-state index in [-0.39, 0.29) is 0 Å². The molecule has 0 bridgehead atoms. The molecule has 0 saturated carbocycles. The van der Waals surface area contributed by atoms with Crippen LogP contribution in [0, 0.1) is 13.8 Å². The first-order valence-electron chi connectivity index (χ1n) is 6.17. The molecule has 0 unspecified atom stereocenters. The molecule has 0 aliphatic carbocycles. The van der Waals surface area contributed by atoms with Crippen molar-refractivity contribution < 1.29 is 4.74 Å². The maximum Gasteiger partial charge on any atom is 0.122 e. The van der Waals surface area contributed by atoms with Crippen molar-refractivity contribution in [1.29, 1.82) is 0 Å². The lowest BCUT2D eigenvalue weighted by atomic mass is 10.0. The second kappa shape index (κ2) is 5.07. The smallest absolute Gasteiger partial charge is 0.122 e. The minimum atomic E-state index is 0.691. The van der Waals surface area contributed by atoms with Crippen LogP contribution in [0.25, 0.3) is 0 Å². The van der Waals surface area contributed by atoms with Crippen LogP contribution < -0.4 is 10.1 Å². The third kappa shape index (κ3) is 2.61. The Bertz CT molecular complexity index is 399. The molecular formula is C14H22N2O. The van der Waals surface area contributed by atoms with Crippen molar-refractivity contribution in [1.82, 2.24) is 10.2 Å². The van der Waals surface area contributed by atoms with Gasteiger partial charge in [0, 0.05) is 25.7 Å². The van der Waals surface area contributed by atoms with Gasteiger partial charge in [-0.2, -0.15) is 0 Å². The third-order valence-electron chi connectivity index (χ3n) is 3.66. The molecule has 1 aromatic rings. The van der Waals surface area contributed by atoms with E-state index in [1.54, 1.807) is 7.11 Å². The van der Waals surface area contributed by atoms with E-state index in [4.69, 9.17) is 4.74 Å². The van der Waals surface area contributed by atoms with Crippen LogP contribution in [0.3, 0.4) is 0 Å². The Kier molecular flexibility index (Phi) is 3.69. The number of benzene rings is 1. The highest BCUT2D eigenvalue weighted by atomic mass is 16.5. The van der Waals surface area contributed by atoms with E-state index >= 15 is 0 Å². The van der Waals surface area contributed by atoms with Gasteiger partial charge < -0.3 is 10.1 Å². The van der Waals surface area contributed by atoms with Gasteiger partial charge in [0.15, 0.2) is 0 Å². The normalized spacial score (nSPS) is 16.1. The van der Waals surface area contributed by atoms with E-state index < -0.39 is 0 Å². The van der Waals surface area contributed by atoms with Crippen LogP contribution in [0.1, 0.15) is 16.7 Å². The summed E-state index contributed by atoms with van der Waals surface area (Å²) in [4.78, 5) is 2.42. The van der Waals surface area contributed by atoms with Crippen LogP contribution in [0.5, 0.6) is 5.75 Å². The van der Waals surface area contributed by atoms with Crippen molar-refractivity contribution >= 4 is 0 Å². The summed E-state index contributed by atoms with van der Waals surface area (Å²) in [6.45, 7) is 7.51. The molecule has 1 fully saturated rings. The van der Waals surface area contributed by atoms with Crippen LogP contribution >= 0.6 is 0 Å². The molecule has 0 radical (unpaired) electrons. The number of rotatable bonds is 4. The average Bonchev–Trinajstić information content (AvgIpc) is 2.20. The van der Waals surface area contributed by atoms with E-state index in [1.807, 2.05) is 0 Å². The minimum absolute atomic E-state index is 0.691. The predicted molar refractivity (Wildman–Crippen MR) is 70.6 cm³/mol. The lowest BCUT2D eigenvalue weighted by Crippen LogP contribution is -2.55. The van der Waals surface area contributed by atoms with Gasteiger partial charge in [-0.1, -0.05) is 6.07 Å². The van der Waals surface area contributed by atoms with Crippen molar-refractivity contribution in [2.75, 3.05) is 27.2 Å². The number of hydrogen-bond acceptors (Lipinski definition) is 3. The second-order valence-corrected chi connectivity index (χ2v) is 4.98. The Labute approximate surface area is 104 Å². The summed E-state index contributed by atoms with van der Waals surface area (Å²) in [6, 6.07) is 5.07. The molecule has 1 heterocycles. The zero-order valence-corrected chi connectivity index (χ0v) is 11.2. The number of nitrogens with one attached hydrogen (secondary N) is 1. The molecule has 3 heteroatoms. The summed E-state index contributed by atoms with van der Waals surface area (Å²) in [5, 5.41) is 3.31. The fourth-order valence-electron chi connectivity index (χ4n) is 2.22. The predicted octanol–water partition coefficient (Wildman–Crippen LogP) is 1.72. The molecule has 0 spiro atoms. The van der Waals surface area contributed by atoms with Crippen molar-refractivity contribution in [2.45, 2.75) is 26.4 Å². The van der Waals surface area contributed by atoms with Crippen molar-refractivity contribution in [3.8, 4) is 5.75 Å². The standard InChI is InChI=1S/C14H22N2O/c1-10-6-14(17-4)11(2)5-12(10)9-16(3)13-7-15-8-13/h5-6,13,15H,7-9H2,1-4H3. The SMILES string of the molecule is COc1cc(C)c(CN(C)C2CNC2)cc1C. The fourth-order valence-corrected chi connectivity index (χ4v) is 2.22. The van der Waals surface area contributed by atoms with E-state index in [0.29, 0.717) is 6.04 Å². The second-order valence-electron chi connectivity index (χ2n) is 4.98. The quantitative estimate of drug-likeness (QED) is 0.858. The molecule has 0 aromatic heterocycles. The molecule has 94 valence electrons. The molecule has 3 nitrogen and oxygen atoms in total. The summed E-state index contributed by atoms with van der Waals surface area (Å²) in [5.41, 5.74) is 3.93. The van der Waals surface area contributed by atoms with Gasteiger partial charge in [-0.05, 0) is 43.7 Å². The highest BCUT2D eigenvalue weighted by Crippen LogP contribution is 2.23. The fraction of sp³-hybridized carbons (Fsp3) is 0.571. The monoisotopic (exact) mass is 234 g/mol. The number of hydrogen-bond donors (Lipinski definition) is 1. The summed E-state index contributed by atoms with van der Waals surface area (Å²) in [5.74, 6) is 0.985. The average molecular weight is 234 g/mol. The Morgan fingerprint density at radius 1 is 1.29 bits per heavy atom. The highest BCUT2D eigenvalue weighted by molar-refractivity contribution is 5.41. The van der Waals surface area contributed by atoms with Crippen LogP contribution in [0.2, 0.25) is 0 Å². The summed E-state index contributed by atoms with van der Waals surface area (Å²) in [7, 11) is 3.93. The van der Waals surface area contributed by atoms with Gasteiger partial charge in [0.1, 0.15) is 5.75 Å². The summed E-state index contributed by atoms with van der Waals surface area (Å²) >= 11 is 0. The minimum Gasteiger partial charge on any atom is -0.496 e. The molecule has 0 atom stereocenters. The highest BCUT2D eigenvalue weighted by Gasteiger charge is 2.21. The largest absolute Gasteiger partial charge is 0.496 e. The van der Waals surface area contributed by atoms with Gasteiger partial charge in [0.25, 0.3) is 0 Å².